The van der Waals surface area contributed by atoms with Crippen LogP contribution in [0.1, 0.15) is 17.2 Å². The molecule has 17 heavy (non-hydrogen) atoms. The molecule has 0 unspecified atom stereocenters. The topological polar surface area (TPSA) is 58.9 Å². The summed E-state index contributed by atoms with van der Waals surface area (Å²) in [6.07, 6.45) is 0.760. The first-order valence-corrected chi connectivity index (χ1v) is 6.03. The summed E-state index contributed by atoms with van der Waals surface area (Å²) in [5.74, 6) is 2.32. The van der Waals surface area contributed by atoms with Crippen molar-refractivity contribution < 1.29 is 0 Å². The molecule has 3 aromatic rings. The first-order valence-electron chi connectivity index (χ1n) is 5.23. The molecular formula is C11H10BrN5. The van der Waals surface area contributed by atoms with Gasteiger partial charge >= 0.3 is 0 Å². The van der Waals surface area contributed by atoms with E-state index < -0.39 is 0 Å². The number of nitrogens with one attached hydrogen (secondary N) is 1. The lowest BCUT2D eigenvalue weighted by atomic mass is 10.1. The van der Waals surface area contributed by atoms with E-state index in [0.717, 1.165) is 22.5 Å². The van der Waals surface area contributed by atoms with Crippen LogP contribution in [0.3, 0.4) is 0 Å². The summed E-state index contributed by atoms with van der Waals surface area (Å²) >= 11 is 3.42. The highest BCUT2D eigenvalue weighted by molar-refractivity contribution is 9.10. The molecule has 0 spiro atoms. The molecular weight excluding hydrogens is 282 g/mol. The summed E-state index contributed by atoms with van der Waals surface area (Å²) < 4.78 is 2.87. The van der Waals surface area contributed by atoms with Gasteiger partial charge < -0.3 is 0 Å². The average Bonchev–Trinajstić information content (AvgIpc) is 2.85. The van der Waals surface area contributed by atoms with Crippen LogP contribution >= 0.6 is 15.9 Å². The Hall–Kier alpha value is -1.69. The predicted octanol–water partition coefficient (Wildman–Crippen LogP) is 2.11. The van der Waals surface area contributed by atoms with Gasteiger partial charge in [0, 0.05) is 10.9 Å². The number of halogens is 1. The molecule has 0 aliphatic rings. The van der Waals surface area contributed by atoms with Crippen molar-refractivity contribution >= 4 is 21.7 Å². The van der Waals surface area contributed by atoms with E-state index in [0.29, 0.717) is 5.78 Å². The summed E-state index contributed by atoms with van der Waals surface area (Å²) in [6.45, 7) is 1.89. The minimum absolute atomic E-state index is 0.620. The number of rotatable bonds is 2. The number of fused-ring (bicyclic) bond motifs is 1. The molecule has 0 saturated heterocycles. The van der Waals surface area contributed by atoms with Crippen molar-refractivity contribution in [2.24, 2.45) is 0 Å². The maximum Gasteiger partial charge on any atom is 0.271 e. The van der Waals surface area contributed by atoms with Crippen LogP contribution in [0.5, 0.6) is 0 Å². The van der Waals surface area contributed by atoms with Gasteiger partial charge in [0.25, 0.3) is 5.78 Å². The van der Waals surface area contributed by atoms with Crippen LogP contribution in [0.4, 0.5) is 0 Å². The highest BCUT2D eigenvalue weighted by atomic mass is 79.9. The molecule has 2 heterocycles. The summed E-state index contributed by atoms with van der Waals surface area (Å²) in [6, 6.07) is 8.19. The summed E-state index contributed by atoms with van der Waals surface area (Å²) in [7, 11) is 0. The molecule has 3 rings (SSSR count). The summed E-state index contributed by atoms with van der Waals surface area (Å²) in [5, 5.41) is 11.1. The lowest BCUT2D eigenvalue weighted by molar-refractivity contribution is 0.852. The molecule has 0 aliphatic carbocycles. The molecule has 1 aromatic carbocycles. The minimum Gasteiger partial charge on any atom is -0.276 e. The van der Waals surface area contributed by atoms with Crippen LogP contribution in [0.2, 0.25) is 0 Å². The van der Waals surface area contributed by atoms with E-state index in [1.54, 1.807) is 4.52 Å². The third kappa shape index (κ3) is 1.95. The summed E-state index contributed by atoms with van der Waals surface area (Å²) in [5.41, 5.74) is 1.20. The molecule has 0 aliphatic heterocycles. The van der Waals surface area contributed by atoms with Gasteiger partial charge in [0.05, 0.1) is 0 Å². The Morgan fingerprint density at radius 3 is 2.71 bits per heavy atom. The molecule has 0 fully saturated rings. The molecule has 0 radical (unpaired) electrons. The van der Waals surface area contributed by atoms with Gasteiger partial charge in [-0.3, -0.25) is 5.10 Å². The van der Waals surface area contributed by atoms with E-state index >= 15 is 0 Å². The zero-order valence-electron chi connectivity index (χ0n) is 9.18. The number of hydrogen-bond acceptors (Lipinski definition) is 3. The molecule has 2 aromatic heterocycles. The van der Waals surface area contributed by atoms with Gasteiger partial charge in [-0.25, -0.2) is 4.52 Å². The highest BCUT2D eigenvalue weighted by Crippen LogP contribution is 2.13. The number of aryl methyl sites for hydroxylation is 1. The Kier molecular flexibility index (Phi) is 2.44. The third-order valence-corrected chi connectivity index (χ3v) is 3.10. The van der Waals surface area contributed by atoms with Crippen LogP contribution in [0.15, 0.2) is 28.7 Å². The Morgan fingerprint density at radius 1 is 1.24 bits per heavy atom. The van der Waals surface area contributed by atoms with Crippen molar-refractivity contribution in [2.75, 3.05) is 0 Å². The van der Waals surface area contributed by atoms with Gasteiger partial charge in [0.15, 0.2) is 5.82 Å². The summed E-state index contributed by atoms with van der Waals surface area (Å²) in [4.78, 5) is 4.37. The van der Waals surface area contributed by atoms with Crippen LogP contribution in [0, 0.1) is 6.92 Å². The Balaban J connectivity index is 1.91. The van der Waals surface area contributed by atoms with Crippen molar-refractivity contribution in [1.29, 1.82) is 0 Å². The zero-order valence-corrected chi connectivity index (χ0v) is 10.8. The Morgan fingerprint density at radius 2 is 2.00 bits per heavy atom. The molecule has 0 amide bonds. The van der Waals surface area contributed by atoms with Gasteiger partial charge in [-0.05, 0) is 24.6 Å². The third-order valence-electron chi connectivity index (χ3n) is 2.57. The second-order valence-corrected chi connectivity index (χ2v) is 4.77. The minimum atomic E-state index is 0.620. The highest BCUT2D eigenvalue weighted by Gasteiger charge is 2.07. The smallest absolute Gasteiger partial charge is 0.271 e. The molecule has 1 N–H and O–H groups in total. The normalized spacial score (nSPS) is 11.2. The number of nitrogens with zero attached hydrogens (tertiary/aromatic N) is 4. The first-order chi connectivity index (χ1) is 8.22. The van der Waals surface area contributed by atoms with E-state index in [2.05, 4.69) is 48.3 Å². The maximum absolute atomic E-state index is 4.37. The number of H-pyrrole nitrogens is 1. The average molecular weight is 292 g/mol. The second kappa shape index (κ2) is 3.96. The molecule has 6 heteroatoms. The fourth-order valence-electron chi connectivity index (χ4n) is 1.70. The van der Waals surface area contributed by atoms with Crippen molar-refractivity contribution in [3.8, 4) is 0 Å². The molecule has 0 saturated carbocycles. The van der Waals surface area contributed by atoms with Crippen LogP contribution in [-0.4, -0.2) is 24.8 Å². The lowest BCUT2D eigenvalue weighted by Crippen LogP contribution is -1.93. The molecule has 86 valence electrons. The Labute approximate surface area is 106 Å². The van der Waals surface area contributed by atoms with E-state index in [9.17, 15) is 0 Å². The van der Waals surface area contributed by atoms with Gasteiger partial charge in [-0.2, -0.15) is 4.98 Å². The van der Waals surface area contributed by atoms with Crippen LogP contribution in [0.25, 0.3) is 5.78 Å². The first kappa shape index (κ1) is 10.5. The largest absolute Gasteiger partial charge is 0.276 e. The molecule has 5 nitrogen and oxygen atoms in total. The fraction of sp³-hybridized carbons (Fsp3) is 0.182. The molecule has 0 atom stereocenters. The van der Waals surface area contributed by atoms with Crippen molar-refractivity contribution in [3.05, 3.63) is 46.0 Å². The monoisotopic (exact) mass is 291 g/mol. The van der Waals surface area contributed by atoms with E-state index in [1.165, 1.54) is 5.56 Å². The SMILES string of the molecule is Cc1nnc2nc(Cc3ccc(Br)cc3)[nH]n12. The van der Waals surface area contributed by atoms with Crippen molar-refractivity contribution in [2.45, 2.75) is 13.3 Å². The predicted molar refractivity (Wildman–Crippen MR) is 66.8 cm³/mol. The fourth-order valence-corrected chi connectivity index (χ4v) is 1.97. The number of aromatic amines is 1. The van der Waals surface area contributed by atoms with Crippen LogP contribution in [-0.2, 0) is 6.42 Å². The van der Waals surface area contributed by atoms with Crippen LogP contribution < -0.4 is 0 Å². The standard InChI is InChI=1S/C11H10BrN5/c1-7-14-15-11-13-10(16-17(7)11)6-8-2-4-9(12)5-3-8/h2-5H,6H2,1H3,(H,13,15,16). The van der Waals surface area contributed by atoms with Crippen molar-refractivity contribution in [3.63, 3.8) is 0 Å². The van der Waals surface area contributed by atoms with E-state index in [-0.39, 0.29) is 0 Å². The van der Waals surface area contributed by atoms with Gasteiger partial charge in [-0.15, -0.1) is 10.2 Å². The zero-order chi connectivity index (χ0) is 11.8. The molecule has 0 bridgehead atoms. The maximum atomic E-state index is 4.37. The lowest BCUT2D eigenvalue weighted by Gasteiger charge is -1.97. The second-order valence-electron chi connectivity index (χ2n) is 3.86. The van der Waals surface area contributed by atoms with Crippen molar-refractivity contribution in [1.82, 2.24) is 24.8 Å². The quantitative estimate of drug-likeness (QED) is 0.787. The van der Waals surface area contributed by atoms with Gasteiger partial charge in [0.1, 0.15) is 5.82 Å². The van der Waals surface area contributed by atoms with E-state index in [1.807, 2.05) is 19.1 Å². The van der Waals surface area contributed by atoms with E-state index in [4.69, 9.17) is 0 Å². The van der Waals surface area contributed by atoms with Gasteiger partial charge in [-0.1, -0.05) is 28.1 Å². The van der Waals surface area contributed by atoms with Gasteiger partial charge in [0.2, 0.25) is 0 Å². The Bertz CT molecular complexity index is 652. The number of aromatic nitrogens is 5. The number of hydrogen-bond donors (Lipinski definition) is 1. The number of benzene rings is 1.